The van der Waals surface area contributed by atoms with Gasteiger partial charge >= 0.3 is 0 Å². The third kappa shape index (κ3) is 3.43. The summed E-state index contributed by atoms with van der Waals surface area (Å²) in [5.74, 6) is 1.20. The summed E-state index contributed by atoms with van der Waals surface area (Å²) in [6.45, 7) is 2.64. The predicted octanol–water partition coefficient (Wildman–Crippen LogP) is 7.19. The summed E-state index contributed by atoms with van der Waals surface area (Å²) in [5.41, 5.74) is 3.36. The zero-order valence-corrected chi connectivity index (χ0v) is 19.2. The molecular weight excluding hydrogens is 432 g/mol. The number of carbonyl (C=O) groups is 1. The fourth-order valence-electron chi connectivity index (χ4n) is 4.78. The van der Waals surface area contributed by atoms with Gasteiger partial charge in [-0.2, -0.15) is 0 Å². The van der Waals surface area contributed by atoms with Crippen LogP contribution in [0.4, 0.5) is 5.82 Å². The first-order valence-electron chi connectivity index (χ1n) is 10.4. The van der Waals surface area contributed by atoms with E-state index in [9.17, 15) is 4.79 Å². The smallest absolute Gasteiger partial charge is 0.233 e. The molecule has 1 fully saturated rings. The Morgan fingerprint density at radius 2 is 1.90 bits per heavy atom. The average molecular weight is 455 g/mol. The maximum atomic E-state index is 13.7. The molecule has 1 amide bonds. The van der Waals surface area contributed by atoms with Gasteiger partial charge in [0.15, 0.2) is 3.95 Å². The molecule has 0 spiro atoms. The topological polar surface area (TPSA) is 25.2 Å². The first kappa shape index (κ1) is 20.0. The lowest BCUT2D eigenvalue weighted by molar-refractivity contribution is -0.126. The molecule has 154 valence electrons. The lowest BCUT2D eigenvalue weighted by atomic mass is 9.82. The van der Waals surface area contributed by atoms with Crippen LogP contribution < -0.4 is 4.90 Å². The zero-order chi connectivity index (χ0) is 20.8. The molecule has 1 aliphatic carbocycles. The van der Waals surface area contributed by atoms with Crippen LogP contribution in [0, 0.1) is 16.8 Å². The normalized spacial score (nSPS) is 20.7. The van der Waals surface area contributed by atoms with Gasteiger partial charge < -0.3 is 4.57 Å². The zero-order valence-electron chi connectivity index (χ0n) is 16.8. The van der Waals surface area contributed by atoms with E-state index in [1.54, 1.807) is 11.3 Å². The maximum absolute atomic E-state index is 13.7. The number of carbonyl (C=O) groups excluding carboxylic acids is 1. The highest BCUT2D eigenvalue weighted by Gasteiger charge is 2.43. The molecule has 2 atom stereocenters. The minimum absolute atomic E-state index is 0.0187. The molecule has 3 nitrogen and oxygen atoms in total. The Hall–Kier alpha value is -1.95. The Labute approximate surface area is 190 Å². The SMILES string of the molecule is Cc1ccc(CN2C(=O)C3CCCCC3n3c2c(-c2cccc(Cl)c2)sc3=S)cc1. The van der Waals surface area contributed by atoms with Crippen molar-refractivity contribution in [1.82, 2.24) is 4.57 Å². The molecule has 2 aromatic carbocycles. The summed E-state index contributed by atoms with van der Waals surface area (Å²) in [4.78, 5) is 16.7. The number of fused-ring (bicyclic) bond motifs is 3. The van der Waals surface area contributed by atoms with E-state index in [0.717, 1.165) is 51.5 Å². The lowest BCUT2D eigenvalue weighted by Gasteiger charge is -2.42. The van der Waals surface area contributed by atoms with E-state index in [1.807, 2.05) is 23.1 Å². The molecular formula is C24H23ClN2OS2. The first-order chi connectivity index (χ1) is 14.5. The number of thiazole rings is 1. The number of rotatable bonds is 3. The standard InChI is InChI=1S/C24H23ClN2OS2/c1-15-9-11-16(12-10-15)14-26-22-21(17-5-4-6-18(25)13-17)30-24(29)27(22)20-8-3-2-7-19(20)23(26)28/h4-6,9-13,19-20H,2-3,7-8,14H2,1H3. The Balaban J connectivity index is 1.68. The van der Waals surface area contributed by atoms with Crippen molar-refractivity contribution < 1.29 is 4.79 Å². The predicted molar refractivity (Wildman–Crippen MR) is 127 cm³/mol. The van der Waals surface area contributed by atoms with E-state index >= 15 is 0 Å². The lowest BCUT2D eigenvalue weighted by Crippen LogP contribution is -2.46. The highest BCUT2D eigenvalue weighted by atomic mass is 35.5. The molecule has 3 aromatic rings. The minimum atomic E-state index is 0.0187. The van der Waals surface area contributed by atoms with Crippen LogP contribution in [0.15, 0.2) is 48.5 Å². The summed E-state index contributed by atoms with van der Waals surface area (Å²) in [5, 5.41) is 0.688. The van der Waals surface area contributed by atoms with Gasteiger partial charge in [0.2, 0.25) is 5.91 Å². The maximum Gasteiger partial charge on any atom is 0.233 e. The fourth-order valence-corrected chi connectivity index (χ4v) is 6.48. The van der Waals surface area contributed by atoms with Crippen molar-refractivity contribution in [1.29, 1.82) is 0 Å². The molecule has 0 N–H and O–H groups in total. The first-order valence-corrected chi connectivity index (χ1v) is 12.0. The molecule has 0 saturated heterocycles. The third-order valence-corrected chi connectivity index (χ3v) is 7.94. The largest absolute Gasteiger partial charge is 0.305 e. The second-order valence-electron chi connectivity index (χ2n) is 8.27. The summed E-state index contributed by atoms with van der Waals surface area (Å²) in [6, 6.07) is 16.4. The Morgan fingerprint density at radius 3 is 2.67 bits per heavy atom. The van der Waals surface area contributed by atoms with E-state index in [1.165, 1.54) is 5.56 Å². The highest BCUT2D eigenvalue weighted by molar-refractivity contribution is 7.73. The van der Waals surface area contributed by atoms with Gasteiger partial charge in [-0.1, -0.05) is 66.4 Å². The van der Waals surface area contributed by atoms with Crippen LogP contribution >= 0.6 is 35.2 Å². The second kappa shape index (κ2) is 7.95. The third-order valence-electron chi connectivity index (χ3n) is 6.27. The molecule has 2 heterocycles. The van der Waals surface area contributed by atoms with E-state index in [-0.39, 0.29) is 17.9 Å². The van der Waals surface area contributed by atoms with Crippen LogP contribution in [-0.4, -0.2) is 10.5 Å². The van der Waals surface area contributed by atoms with Crippen LogP contribution in [0.5, 0.6) is 0 Å². The second-order valence-corrected chi connectivity index (χ2v) is 10.3. The Morgan fingerprint density at radius 1 is 1.13 bits per heavy atom. The van der Waals surface area contributed by atoms with Crippen molar-refractivity contribution in [3.05, 3.63) is 68.6 Å². The number of benzene rings is 2. The molecule has 1 aliphatic heterocycles. The van der Waals surface area contributed by atoms with Gasteiger partial charge in [-0.15, -0.1) is 11.3 Å². The molecule has 1 saturated carbocycles. The van der Waals surface area contributed by atoms with Gasteiger partial charge in [-0.05, 0) is 55.2 Å². The monoisotopic (exact) mass is 454 g/mol. The Bertz CT molecular complexity index is 1160. The van der Waals surface area contributed by atoms with Gasteiger partial charge in [-0.3, -0.25) is 9.69 Å². The fraction of sp³-hybridized carbons (Fsp3) is 0.333. The summed E-state index contributed by atoms with van der Waals surface area (Å²) in [7, 11) is 0. The summed E-state index contributed by atoms with van der Waals surface area (Å²) < 4.78 is 3.12. The average Bonchev–Trinajstić information content (AvgIpc) is 3.10. The van der Waals surface area contributed by atoms with Crippen molar-refractivity contribution in [2.75, 3.05) is 4.90 Å². The minimum Gasteiger partial charge on any atom is -0.305 e. The van der Waals surface area contributed by atoms with E-state index in [0.29, 0.717) is 11.6 Å². The van der Waals surface area contributed by atoms with Gasteiger partial charge in [-0.25, -0.2) is 0 Å². The van der Waals surface area contributed by atoms with Crippen LogP contribution in [0.25, 0.3) is 10.4 Å². The molecule has 6 heteroatoms. The number of aromatic nitrogens is 1. The van der Waals surface area contributed by atoms with Crippen molar-refractivity contribution >= 4 is 46.9 Å². The highest BCUT2D eigenvalue weighted by Crippen LogP contribution is 2.49. The van der Waals surface area contributed by atoms with E-state index in [4.69, 9.17) is 23.8 Å². The van der Waals surface area contributed by atoms with Gasteiger partial charge in [0.05, 0.1) is 17.3 Å². The molecule has 0 radical (unpaired) electrons. The number of anilines is 1. The van der Waals surface area contributed by atoms with Crippen molar-refractivity contribution in [2.45, 2.75) is 45.2 Å². The number of nitrogens with zero attached hydrogens (tertiary/aromatic N) is 2. The number of halogens is 1. The molecule has 0 bridgehead atoms. The van der Waals surface area contributed by atoms with Crippen LogP contribution in [0.3, 0.4) is 0 Å². The molecule has 2 unspecified atom stereocenters. The van der Waals surface area contributed by atoms with Crippen LogP contribution in [0.2, 0.25) is 5.02 Å². The number of amides is 1. The van der Waals surface area contributed by atoms with Crippen LogP contribution in [-0.2, 0) is 11.3 Å². The van der Waals surface area contributed by atoms with Crippen LogP contribution in [0.1, 0.15) is 42.9 Å². The molecule has 30 heavy (non-hydrogen) atoms. The number of aryl methyl sites for hydroxylation is 1. The Kier molecular flexibility index (Phi) is 5.30. The van der Waals surface area contributed by atoms with Crippen molar-refractivity contribution in [2.24, 2.45) is 5.92 Å². The van der Waals surface area contributed by atoms with Gasteiger partial charge in [0.25, 0.3) is 0 Å². The quantitative estimate of drug-likeness (QED) is 0.391. The molecule has 5 rings (SSSR count). The number of hydrogen-bond acceptors (Lipinski definition) is 3. The summed E-state index contributed by atoms with van der Waals surface area (Å²) in [6.07, 6.45) is 4.22. The van der Waals surface area contributed by atoms with Crippen molar-refractivity contribution in [3.8, 4) is 10.4 Å². The molecule has 1 aromatic heterocycles. The number of hydrogen-bond donors (Lipinski definition) is 0. The van der Waals surface area contributed by atoms with Gasteiger partial charge in [0, 0.05) is 11.1 Å². The van der Waals surface area contributed by atoms with Gasteiger partial charge in [0.1, 0.15) is 5.82 Å². The van der Waals surface area contributed by atoms with Crippen molar-refractivity contribution in [3.63, 3.8) is 0 Å². The van der Waals surface area contributed by atoms with E-state index < -0.39 is 0 Å². The summed E-state index contributed by atoms with van der Waals surface area (Å²) >= 11 is 13.7. The molecule has 2 aliphatic rings. The van der Waals surface area contributed by atoms with E-state index in [2.05, 4.69) is 41.8 Å².